The summed E-state index contributed by atoms with van der Waals surface area (Å²) in [7, 11) is 1.67. The number of fused-ring (bicyclic) bond motifs is 1. The van der Waals surface area contributed by atoms with Gasteiger partial charge in [0.25, 0.3) is 0 Å². The molecule has 0 radical (unpaired) electrons. The first kappa shape index (κ1) is 12.0. The van der Waals surface area contributed by atoms with Crippen molar-refractivity contribution in [1.29, 1.82) is 0 Å². The fourth-order valence-corrected chi connectivity index (χ4v) is 2.10. The Hall–Kier alpha value is -2.08. The molecule has 1 aliphatic rings. The molecule has 6 nitrogen and oxygen atoms in total. The predicted molar refractivity (Wildman–Crippen MR) is 69.7 cm³/mol. The third-order valence-corrected chi connectivity index (χ3v) is 3.48. The van der Waals surface area contributed by atoms with Gasteiger partial charge in [-0.2, -0.15) is 0 Å². The highest BCUT2D eigenvalue weighted by atomic mass is 16.4. The van der Waals surface area contributed by atoms with Crippen molar-refractivity contribution in [2.45, 2.75) is 6.54 Å². The second-order valence-electron chi connectivity index (χ2n) is 4.80. The number of rotatable bonds is 3. The number of hydrogen-bond acceptors (Lipinski definition) is 4. The third kappa shape index (κ3) is 2.15. The Balaban J connectivity index is 1.74. The van der Waals surface area contributed by atoms with Crippen molar-refractivity contribution in [2.24, 2.45) is 13.0 Å². The van der Waals surface area contributed by atoms with Gasteiger partial charge in [-0.1, -0.05) is 6.07 Å². The zero-order chi connectivity index (χ0) is 13.4. The Morgan fingerprint density at radius 1 is 1.53 bits per heavy atom. The maximum Gasteiger partial charge on any atom is 0.419 e. The molecule has 1 aliphatic heterocycles. The molecule has 0 saturated carbocycles. The minimum Gasteiger partial charge on any atom is -0.408 e. The molecular weight excluding hydrogens is 246 g/mol. The lowest BCUT2D eigenvalue weighted by atomic mass is 10.0. The molecule has 1 aromatic carbocycles. The van der Waals surface area contributed by atoms with E-state index in [2.05, 4.69) is 10.6 Å². The summed E-state index contributed by atoms with van der Waals surface area (Å²) in [5.41, 5.74) is 2.22. The van der Waals surface area contributed by atoms with Crippen LogP contribution in [0.3, 0.4) is 0 Å². The van der Waals surface area contributed by atoms with Crippen LogP contribution in [0.25, 0.3) is 11.1 Å². The van der Waals surface area contributed by atoms with Gasteiger partial charge in [0.2, 0.25) is 5.91 Å². The molecule has 3 rings (SSSR count). The molecule has 0 aliphatic carbocycles. The van der Waals surface area contributed by atoms with Gasteiger partial charge in [-0.3, -0.25) is 9.36 Å². The van der Waals surface area contributed by atoms with E-state index in [0.717, 1.165) is 24.2 Å². The number of carbonyl (C=O) groups is 1. The molecule has 0 spiro atoms. The number of benzene rings is 1. The lowest BCUT2D eigenvalue weighted by Crippen LogP contribution is -2.50. The van der Waals surface area contributed by atoms with Crippen molar-refractivity contribution < 1.29 is 9.21 Å². The van der Waals surface area contributed by atoms with Gasteiger partial charge in [-0.05, 0) is 17.7 Å². The van der Waals surface area contributed by atoms with Crippen LogP contribution in [0.5, 0.6) is 0 Å². The summed E-state index contributed by atoms with van der Waals surface area (Å²) in [6, 6.07) is 5.50. The molecule has 1 amide bonds. The van der Waals surface area contributed by atoms with Gasteiger partial charge in [0.1, 0.15) is 0 Å². The Labute approximate surface area is 109 Å². The molecule has 1 aromatic heterocycles. The van der Waals surface area contributed by atoms with Gasteiger partial charge in [-0.25, -0.2) is 4.79 Å². The molecule has 0 unspecified atom stereocenters. The largest absolute Gasteiger partial charge is 0.419 e. The highest BCUT2D eigenvalue weighted by molar-refractivity contribution is 5.80. The number of aromatic nitrogens is 1. The summed E-state index contributed by atoms with van der Waals surface area (Å²) in [4.78, 5) is 23.1. The molecule has 0 bridgehead atoms. The summed E-state index contributed by atoms with van der Waals surface area (Å²) in [6.07, 6.45) is 0. The van der Waals surface area contributed by atoms with Crippen LogP contribution in [-0.2, 0) is 18.4 Å². The Bertz CT molecular complexity index is 682. The molecule has 6 heteroatoms. The van der Waals surface area contributed by atoms with Crippen molar-refractivity contribution in [3.05, 3.63) is 34.3 Å². The number of amides is 1. The highest BCUT2D eigenvalue weighted by Crippen LogP contribution is 2.14. The molecule has 1 fully saturated rings. The van der Waals surface area contributed by atoms with Crippen LogP contribution >= 0.6 is 0 Å². The van der Waals surface area contributed by atoms with Gasteiger partial charge in [0, 0.05) is 26.7 Å². The van der Waals surface area contributed by atoms with Crippen LogP contribution in [0.15, 0.2) is 27.4 Å². The number of nitrogens with zero attached hydrogens (tertiary/aromatic N) is 1. The van der Waals surface area contributed by atoms with Crippen molar-refractivity contribution >= 4 is 17.0 Å². The quantitative estimate of drug-likeness (QED) is 0.813. The zero-order valence-electron chi connectivity index (χ0n) is 10.6. The van der Waals surface area contributed by atoms with Gasteiger partial charge in [-0.15, -0.1) is 0 Å². The van der Waals surface area contributed by atoms with Crippen molar-refractivity contribution in [3.63, 3.8) is 0 Å². The Morgan fingerprint density at radius 2 is 2.32 bits per heavy atom. The summed E-state index contributed by atoms with van der Waals surface area (Å²) in [5, 5.41) is 5.94. The lowest BCUT2D eigenvalue weighted by molar-refractivity contribution is -0.126. The first-order chi connectivity index (χ1) is 9.15. The molecule has 1 saturated heterocycles. The second-order valence-corrected chi connectivity index (χ2v) is 4.80. The number of hydrogen-bond donors (Lipinski definition) is 2. The third-order valence-electron chi connectivity index (χ3n) is 3.48. The van der Waals surface area contributed by atoms with E-state index in [4.69, 9.17) is 4.42 Å². The fraction of sp³-hybridized carbons (Fsp3) is 0.385. The topological polar surface area (TPSA) is 76.3 Å². The summed E-state index contributed by atoms with van der Waals surface area (Å²) < 4.78 is 6.57. The minimum atomic E-state index is -0.378. The maximum absolute atomic E-state index is 11.7. The highest BCUT2D eigenvalue weighted by Gasteiger charge is 2.24. The molecule has 2 aromatic rings. The standard InChI is InChI=1S/C13H15N3O3/c1-16-10-3-2-8(4-11(10)19-13(16)18)5-15-12(17)9-6-14-7-9/h2-4,9,14H,5-7H2,1H3,(H,15,17). The van der Waals surface area contributed by atoms with E-state index in [9.17, 15) is 9.59 Å². The first-order valence-electron chi connectivity index (χ1n) is 6.22. The van der Waals surface area contributed by atoms with E-state index in [-0.39, 0.29) is 17.6 Å². The summed E-state index contributed by atoms with van der Waals surface area (Å²) >= 11 is 0. The van der Waals surface area contributed by atoms with Crippen LogP contribution < -0.4 is 16.4 Å². The summed E-state index contributed by atoms with van der Waals surface area (Å²) in [5.74, 6) is -0.233. The van der Waals surface area contributed by atoms with E-state index < -0.39 is 0 Å². The average molecular weight is 261 g/mol. The average Bonchev–Trinajstić information content (AvgIpc) is 2.60. The van der Waals surface area contributed by atoms with Crippen molar-refractivity contribution in [2.75, 3.05) is 13.1 Å². The van der Waals surface area contributed by atoms with E-state index in [1.807, 2.05) is 12.1 Å². The van der Waals surface area contributed by atoms with Crippen LogP contribution in [0, 0.1) is 5.92 Å². The zero-order valence-corrected chi connectivity index (χ0v) is 10.6. The fourth-order valence-electron chi connectivity index (χ4n) is 2.10. The number of carbonyl (C=O) groups excluding carboxylic acids is 1. The molecule has 100 valence electrons. The van der Waals surface area contributed by atoms with Crippen LogP contribution in [0.2, 0.25) is 0 Å². The maximum atomic E-state index is 11.7. The lowest BCUT2D eigenvalue weighted by Gasteiger charge is -2.25. The molecule has 19 heavy (non-hydrogen) atoms. The van der Waals surface area contributed by atoms with Crippen LogP contribution in [-0.4, -0.2) is 23.6 Å². The van der Waals surface area contributed by atoms with Crippen molar-refractivity contribution in [3.8, 4) is 0 Å². The van der Waals surface area contributed by atoms with Gasteiger partial charge < -0.3 is 15.1 Å². The monoisotopic (exact) mass is 261 g/mol. The van der Waals surface area contributed by atoms with Gasteiger partial charge >= 0.3 is 5.76 Å². The molecule has 2 heterocycles. The SMILES string of the molecule is Cn1c(=O)oc2cc(CNC(=O)C3CNC3)ccc21. The van der Waals surface area contributed by atoms with Crippen molar-refractivity contribution in [1.82, 2.24) is 15.2 Å². The number of aryl methyl sites for hydroxylation is 1. The van der Waals surface area contributed by atoms with E-state index in [0.29, 0.717) is 12.1 Å². The number of nitrogens with one attached hydrogen (secondary N) is 2. The van der Waals surface area contributed by atoms with E-state index in [1.54, 1.807) is 13.1 Å². The predicted octanol–water partition coefficient (Wildman–Crippen LogP) is -0.0329. The van der Waals surface area contributed by atoms with E-state index >= 15 is 0 Å². The minimum absolute atomic E-state index is 0.0633. The number of oxazole rings is 1. The van der Waals surface area contributed by atoms with Crippen LogP contribution in [0.4, 0.5) is 0 Å². The second kappa shape index (κ2) is 4.55. The molecular formula is C13H15N3O3. The smallest absolute Gasteiger partial charge is 0.408 e. The normalized spacial score (nSPS) is 15.4. The molecule has 0 atom stereocenters. The molecule has 2 N–H and O–H groups in total. The Kier molecular flexibility index (Phi) is 2.87. The first-order valence-corrected chi connectivity index (χ1v) is 6.22. The summed E-state index contributed by atoms with van der Waals surface area (Å²) in [6.45, 7) is 1.95. The van der Waals surface area contributed by atoms with E-state index in [1.165, 1.54) is 4.57 Å². The van der Waals surface area contributed by atoms with Gasteiger partial charge in [0.15, 0.2) is 5.58 Å². The Morgan fingerprint density at radius 3 is 3.00 bits per heavy atom. The van der Waals surface area contributed by atoms with Gasteiger partial charge in [0.05, 0.1) is 11.4 Å². The van der Waals surface area contributed by atoms with Crippen LogP contribution in [0.1, 0.15) is 5.56 Å².